The van der Waals surface area contributed by atoms with Crippen molar-refractivity contribution < 1.29 is 4.39 Å². The van der Waals surface area contributed by atoms with E-state index < -0.39 is 0 Å². The molecule has 0 bridgehead atoms. The van der Waals surface area contributed by atoms with Crippen molar-refractivity contribution in [2.75, 3.05) is 6.54 Å². The first kappa shape index (κ1) is 14.3. The van der Waals surface area contributed by atoms with Crippen LogP contribution in [0, 0.1) is 17.7 Å². The Kier molecular flexibility index (Phi) is 4.76. The molecule has 0 aromatic heterocycles. The zero-order valence-electron chi connectivity index (χ0n) is 12.1. The van der Waals surface area contributed by atoms with Gasteiger partial charge >= 0.3 is 0 Å². The van der Waals surface area contributed by atoms with E-state index in [1.807, 2.05) is 6.07 Å². The summed E-state index contributed by atoms with van der Waals surface area (Å²) in [4.78, 5) is 0. The van der Waals surface area contributed by atoms with Crippen molar-refractivity contribution in [1.29, 1.82) is 0 Å². The van der Waals surface area contributed by atoms with Gasteiger partial charge in [0.05, 0.1) is 0 Å². The molecule has 0 radical (unpaired) electrons. The van der Waals surface area contributed by atoms with Gasteiger partial charge in [0.1, 0.15) is 5.82 Å². The summed E-state index contributed by atoms with van der Waals surface area (Å²) in [5, 5.41) is 3.54. The molecule has 104 valence electrons. The summed E-state index contributed by atoms with van der Waals surface area (Å²) in [6, 6.07) is 7.07. The topological polar surface area (TPSA) is 12.0 Å². The van der Waals surface area contributed by atoms with Crippen LogP contribution in [0.2, 0.25) is 0 Å². The molecule has 0 saturated carbocycles. The lowest BCUT2D eigenvalue weighted by molar-refractivity contribution is 0.366. The number of benzene rings is 1. The fourth-order valence-electron chi connectivity index (χ4n) is 3.08. The fourth-order valence-corrected chi connectivity index (χ4v) is 3.08. The molecule has 3 atom stereocenters. The lowest BCUT2D eigenvalue weighted by atomic mass is 9.83. The fraction of sp³-hybridized carbons (Fsp3) is 0.529. The standard InChI is InChI=1S/C17H24FN/c1-12-7-13(2)9-15(8-12)11-19-14(3)16-5-4-6-17(18)10-16/h4-7,10,12,14-15,19H,8-9,11H2,1-3H3/t12?,14-,15?/m0/s1. The van der Waals surface area contributed by atoms with Crippen molar-refractivity contribution in [3.63, 3.8) is 0 Å². The molecular weight excluding hydrogens is 237 g/mol. The van der Waals surface area contributed by atoms with Crippen LogP contribution >= 0.6 is 0 Å². The summed E-state index contributed by atoms with van der Waals surface area (Å²) in [6.07, 6.45) is 4.82. The average Bonchev–Trinajstić information content (AvgIpc) is 2.35. The quantitative estimate of drug-likeness (QED) is 0.789. The van der Waals surface area contributed by atoms with Crippen LogP contribution in [0.25, 0.3) is 0 Å². The Morgan fingerprint density at radius 1 is 1.42 bits per heavy atom. The highest BCUT2D eigenvalue weighted by molar-refractivity contribution is 5.19. The number of hydrogen-bond donors (Lipinski definition) is 1. The monoisotopic (exact) mass is 261 g/mol. The van der Waals surface area contributed by atoms with E-state index in [4.69, 9.17) is 0 Å². The predicted molar refractivity (Wildman–Crippen MR) is 78.5 cm³/mol. The Bertz CT molecular complexity index is 452. The first-order chi connectivity index (χ1) is 9.04. The minimum atomic E-state index is -0.156. The molecule has 1 nitrogen and oxygen atoms in total. The average molecular weight is 261 g/mol. The molecule has 0 aliphatic heterocycles. The molecular formula is C17H24FN. The van der Waals surface area contributed by atoms with Crippen molar-refractivity contribution in [2.45, 2.75) is 39.7 Å². The predicted octanol–water partition coefficient (Wildman–Crippen LogP) is 4.47. The first-order valence-corrected chi connectivity index (χ1v) is 7.20. The van der Waals surface area contributed by atoms with Gasteiger partial charge in [0.25, 0.3) is 0 Å². The molecule has 1 aliphatic rings. The second-order valence-electron chi connectivity index (χ2n) is 5.98. The van der Waals surface area contributed by atoms with Gasteiger partial charge < -0.3 is 5.32 Å². The Morgan fingerprint density at radius 2 is 2.21 bits per heavy atom. The van der Waals surface area contributed by atoms with Crippen LogP contribution in [-0.4, -0.2) is 6.54 Å². The molecule has 1 N–H and O–H groups in total. The highest BCUT2D eigenvalue weighted by Crippen LogP contribution is 2.27. The van der Waals surface area contributed by atoms with Gasteiger partial charge in [-0.2, -0.15) is 0 Å². The van der Waals surface area contributed by atoms with E-state index in [2.05, 4.69) is 32.2 Å². The van der Waals surface area contributed by atoms with Crippen molar-refractivity contribution in [3.8, 4) is 0 Å². The third-order valence-corrected chi connectivity index (χ3v) is 3.95. The maximum Gasteiger partial charge on any atom is 0.123 e. The second-order valence-corrected chi connectivity index (χ2v) is 5.98. The molecule has 0 fully saturated rings. The van der Waals surface area contributed by atoms with Gasteiger partial charge in [-0.05, 0) is 62.8 Å². The summed E-state index contributed by atoms with van der Waals surface area (Å²) in [5.74, 6) is 1.23. The van der Waals surface area contributed by atoms with Gasteiger partial charge in [0, 0.05) is 6.04 Å². The Hall–Kier alpha value is -1.15. The van der Waals surface area contributed by atoms with Gasteiger partial charge in [0.15, 0.2) is 0 Å². The third kappa shape index (κ3) is 4.17. The molecule has 0 saturated heterocycles. The van der Waals surface area contributed by atoms with Crippen LogP contribution in [0.15, 0.2) is 35.9 Å². The van der Waals surface area contributed by atoms with Crippen molar-refractivity contribution in [3.05, 3.63) is 47.3 Å². The highest BCUT2D eigenvalue weighted by Gasteiger charge is 2.18. The molecule has 1 aromatic rings. The molecule has 1 aliphatic carbocycles. The van der Waals surface area contributed by atoms with E-state index >= 15 is 0 Å². The van der Waals surface area contributed by atoms with E-state index in [-0.39, 0.29) is 11.9 Å². The van der Waals surface area contributed by atoms with Gasteiger partial charge in [-0.25, -0.2) is 4.39 Å². The highest BCUT2D eigenvalue weighted by atomic mass is 19.1. The summed E-state index contributed by atoms with van der Waals surface area (Å²) < 4.78 is 13.2. The first-order valence-electron chi connectivity index (χ1n) is 7.20. The minimum absolute atomic E-state index is 0.156. The van der Waals surface area contributed by atoms with Crippen molar-refractivity contribution in [1.82, 2.24) is 5.32 Å². The molecule has 2 unspecified atom stereocenters. The van der Waals surface area contributed by atoms with Gasteiger partial charge in [-0.15, -0.1) is 0 Å². The van der Waals surface area contributed by atoms with E-state index in [1.54, 1.807) is 12.1 Å². The normalized spacial score (nSPS) is 24.9. The SMILES string of the molecule is CC1=CC(C)CC(CN[C@@H](C)c2cccc(F)c2)C1. The third-order valence-electron chi connectivity index (χ3n) is 3.95. The van der Waals surface area contributed by atoms with E-state index in [9.17, 15) is 4.39 Å². The number of hydrogen-bond acceptors (Lipinski definition) is 1. The van der Waals surface area contributed by atoms with E-state index in [1.165, 1.54) is 24.5 Å². The summed E-state index contributed by atoms with van der Waals surface area (Å²) in [5.41, 5.74) is 2.53. The molecule has 0 spiro atoms. The zero-order chi connectivity index (χ0) is 13.8. The Balaban J connectivity index is 1.87. The van der Waals surface area contributed by atoms with Gasteiger partial charge in [-0.1, -0.05) is 30.7 Å². The Labute approximate surface area is 115 Å². The summed E-state index contributed by atoms with van der Waals surface area (Å²) >= 11 is 0. The van der Waals surface area contributed by atoms with E-state index in [0.717, 1.165) is 12.1 Å². The second kappa shape index (κ2) is 6.33. The molecule has 2 heteroatoms. The number of nitrogens with one attached hydrogen (secondary N) is 1. The maximum atomic E-state index is 13.2. The molecule has 19 heavy (non-hydrogen) atoms. The van der Waals surface area contributed by atoms with Crippen LogP contribution in [0.4, 0.5) is 4.39 Å². The van der Waals surface area contributed by atoms with E-state index in [0.29, 0.717) is 11.8 Å². The Morgan fingerprint density at radius 3 is 2.89 bits per heavy atom. The largest absolute Gasteiger partial charge is 0.310 e. The lowest BCUT2D eigenvalue weighted by Gasteiger charge is -2.27. The van der Waals surface area contributed by atoms with Gasteiger partial charge in [0.2, 0.25) is 0 Å². The zero-order valence-corrected chi connectivity index (χ0v) is 12.1. The summed E-state index contributed by atoms with van der Waals surface area (Å²) in [6.45, 7) is 7.61. The number of rotatable bonds is 4. The van der Waals surface area contributed by atoms with Crippen LogP contribution < -0.4 is 5.32 Å². The molecule has 1 aromatic carbocycles. The molecule has 0 heterocycles. The van der Waals surface area contributed by atoms with Gasteiger partial charge in [-0.3, -0.25) is 0 Å². The lowest BCUT2D eigenvalue weighted by Crippen LogP contribution is -2.28. The number of allylic oxidation sites excluding steroid dienone is 2. The minimum Gasteiger partial charge on any atom is -0.310 e. The van der Waals surface area contributed by atoms with Crippen LogP contribution in [0.1, 0.15) is 45.2 Å². The maximum absolute atomic E-state index is 13.2. The van der Waals surface area contributed by atoms with Crippen LogP contribution in [0.3, 0.4) is 0 Å². The van der Waals surface area contributed by atoms with Crippen molar-refractivity contribution in [2.24, 2.45) is 11.8 Å². The number of halogens is 1. The summed E-state index contributed by atoms with van der Waals surface area (Å²) in [7, 11) is 0. The molecule has 2 rings (SSSR count). The smallest absolute Gasteiger partial charge is 0.123 e. The van der Waals surface area contributed by atoms with Crippen molar-refractivity contribution >= 4 is 0 Å². The van der Waals surface area contributed by atoms with Crippen LogP contribution in [0.5, 0.6) is 0 Å². The van der Waals surface area contributed by atoms with Crippen LogP contribution in [-0.2, 0) is 0 Å². The molecule has 0 amide bonds.